The maximum atomic E-state index is 5.88. The van der Waals surface area contributed by atoms with Crippen LogP contribution in [0.25, 0.3) is 0 Å². The summed E-state index contributed by atoms with van der Waals surface area (Å²) in [6.07, 6.45) is 6.82. The molecule has 110 valence electrons. The Kier molecular flexibility index (Phi) is 4.20. The molecule has 1 aliphatic rings. The summed E-state index contributed by atoms with van der Waals surface area (Å²) in [5.74, 6) is 1.54. The molecule has 21 heavy (non-hydrogen) atoms. The van der Waals surface area contributed by atoms with Gasteiger partial charge in [-0.2, -0.15) is 0 Å². The zero-order valence-corrected chi connectivity index (χ0v) is 12.7. The van der Waals surface area contributed by atoms with Gasteiger partial charge in [-0.15, -0.1) is 0 Å². The van der Waals surface area contributed by atoms with Crippen LogP contribution < -0.4 is 10.1 Å². The number of fused-ring (bicyclic) bond motifs is 1. The molecule has 3 heteroatoms. The van der Waals surface area contributed by atoms with Gasteiger partial charge in [0.2, 0.25) is 5.88 Å². The first-order valence-corrected chi connectivity index (χ1v) is 7.69. The van der Waals surface area contributed by atoms with Crippen LogP contribution in [0, 0.1) is 0 Å². The number of aromatic nitrogens is 1. The summed E-state index contributed by atoms with van der Waals surface area (Å²) in [4.78, 5) is 4.39. The van der Waals surface area contributed by atoms with E-state index in [1.807, 2.05) is 19.3 Å². The predicted octanol–water partition coefficient (Wildman–Crippen LogP) is 4.03. The van der Waals surface area contributed by atoms with Gasteiger partial charge in [0.25, 0.3) is 0 Å². The Morgan fingerprint density at radius 2 is 1.90 bits per heavy atom. The Bertz CT molecular complexity index is 607. The number of hydrogen-bond acceptors (Lipinski definition) is 3. The highest BCUT2D eigenvalue weighted by molar-refractivity contribution is 5.38. The minimum absolute atomic E-state index is 0.301. The van der Waals surface area contributed by atoms with Gasteiger partial charge in [-0.25, -0.2) is 4.98 Å². The van der Waals surface area contributed by atoms with Crippen LogP contribution in [-0.4, -0.2) is 12.0 Å². The number of nitrogens with zero attached hydrogens (tertiary/aromatic N) is 1. The van der Waals surface area contributed by atoms with Gasteiger partial charge in [0.15, 0.2) is 0 Å². The van der Waals surface area contributed by atoms with Crippen LogP contribution in [0.2, 0.25) is 0 Å². The monoisotopic (exact) mass is 282 g/mol. The fourth-order valence-electron chi connectivity index (χ4n) is 2.77. The molecule has 1 aromatic heterocycles. The van der Waals surface area contributed by atoms with Crippen molar-refractivity contribution in [3.63, 3.8) is 0 Å². The summed E-state index contributed by atoms with van der Waals surface area (Å²) in [7, 11) is 1.95. The molecule has 0 fully saturated rings. The molecular formula is C18H22N2O. The molecule has 0 radical (unpaired) electrons. The van der Waals surface area contributed by atoms with Crippen molar-refractivity contribution in [2.45, 2.75) is 38.6 Å². The molecule has 1 atom stereocenters. The van der Waals surface area contributed by atoms with E-state index >= 15 is 0 Å². The van der Waals surface area contributed by atoms with Gasteiger partial charge in [-0.1, -0.05) is 12.1 Å². The Morgan fingerprint density at radius 1 is 1.10 bits per heavy atom. The first kappa shape index (κ1) is 14.1. The van der Waals surface area contributed by atoms with Crippen LogP contribution >= 0.6 is 0 Å². The molecule has 3 rings (SSSR count). The van der Waals surface area contributed by atoms with E-state index in [4.69, 9.17) is 4.74 Å². The van der Waals surface area contributed by atoms with Crippen molar-refractivity contribution in [1.82, 2.24) is 10.3 Å². The molecule has 0 amide bonds. The molecular weight excluding hydrogens is 260 g/mol. The normalized spacial score (nSPS) is 15.3. The summed E-state index contributed by atoms with van der Waals surface area (Å²) in [5, 5.41) is 3.20. The molecule has 0 bridgehead atoms. The van der Waals surface area contributed by atoms with Crippen molar-refractivity contribution in [3.8, 4) is 11.6 Å². The number of ether oxygens (including phenoxy) is 1. The summed E-state index contributed by atoms with van der Waals surface area (Å²) in [5.41, 5.74) is 4.06. The van der Waals surface area contributed by atoms with E-state index in [1.54, 1.807) is 0 Å². The van der Waals surface area contributed by atoms with Gasteiger partial charge in [0.05, 0.1) is 0 Å². The quantitative estimate of drug-likeness (QED) is 0.919. The van der Waals surface area contributed by atoms with E-state index in [0.29, 0.717) is 11.9 Å². The highest BCUT2D eigenvalue weighted by Gasteiger charge is 2.10. The number of rotatable bonds is 4. The number of aryl methyl sites for hydroxylation is 2. The largest absolute Gasteiger partial charge is 0.439 e. The number of pyridine rings is 1. The van der Waals surface area contributed by atoms with Gasteiger partial charge in [0.1, 0.15) is 5.75 Å². The average molecular weight is 282 g/mol. The minimum Gasteiger partial charge on any atom is -0.439 e. The van der Waals surface area contributed by atoms with E-state index in [-0.39, 0.29) is 0 Å². The average Bonchev–Trinajstić information content (AvgIpc) is 2.55. The van der Waals surface area contributed by atoms with Crippen molar-refractivity contribution in [2.24, 2.45) is 0 Å². The lowest BCUT2D eigenvalue weighted by atomic mass is 9.92. The van der Waals surface area contributed by atoms with Crippen molar-refractivity contribution in [2.75, 3.05) is 7.05 Å². The van der Waals surface area contributed by atoms with Gasteiger partial charge in [-0.05, 0) is 68.5 Å². The van der Waals surface area contributed by atoms with Gasteiger partial charge in [0, 0.05) is 18.3 Å². The second-order valence-corrected chi connectivity index (χ2v) is 5.68. The molecule has 1 heterocycles. The SMILES string of the molecule is CNC(C)c1ccc(Oc2ccc3c(c2)CCCC3)nc1. The zero-order chi connectivity index (χ0) is 14.7. The van der Waals surface area contributed by atoms with E-state index in [9.17, 15) is 0 Å². The van der Waals surface area contributed by atoms with Crippen molar-refractivity contribution in [1.29, 1.82) is 0 Å². The van der Waals surface area contributed by atoms with Crippen LogP contribution in [0.5, 0.6) is 11.6 Å². The van der Waals surface area contributed by atoms with Gasteiger partial charge in [-0.3, -0.25) is 0 Å². The molecule has 0 saturated heterocycles. The maximum absolute atomic E-state index is 5.88. The Morgan fingerprint density at radius 3 is 2.62 bits per heavy atom. The number of benzene rings is 1. The lowest BCUT2D eigenvalue weighted by Gasteiger charge is -2.16. The smallest absolute Gasteiger partial charge is 0.219 e. The molecule has 0 aliphatic heterocycles. The Balaban J connectivity index is 1.74. The summed E-state index contributed by atoms with van der Waals surface area (Å²) >= 11 is 0. The third kappa shape index (κ3) is 3.24. The number of hydrogen-bond donors (Lipinski definition) is 1. The lowest BCUT2D eigenvalue weighted by molar-refractivity contribution is 0.460. The third-order valence-electron chi connectivity index (χ3n) is 4.23. The van der Waals surface area contributed by atoms with E-state index in [2.05, 4.69) is 41.5 Å². The summed E-state index contributed by atoms with van der Waals surface area (Å²) in [6.45, 7) is 2.11. The van der Waals surface area contributed by atoms with Crippen molar-refractivity contribution < 1.29 is 4.74 Å². The summed E-state index contributed by atoms with van der Waals surface area (Å²) in [6, 6.07) is 10.7. The lowest BCUT2D eigenvalue weighted by Crippen LogP contribution is -2.12. The maximum Gasteiger partial charge on any atom is 0.219 e. The topological polar surface area (TPSA) is 34.1 Å². The predicted molar refractivity (Wildman–Crippen MR) is 84.9 cm³/mol. The molecule has 1 N–H and O–H groups in total. The second-order valence-electron chi connectivity index (χ2n) is 5.68. The molecule has 2 aromatic rings. The minimum atomic E-state index is 0.301. The fourth-order valence-corrected chi connectivity index (χ4v) is 2.77. The zero-order valence-electron chi connectivity index (χ0n) is 12.7. The highest BCUT2D eigenvalue weighted by atomic mass is 16.5. The van der Waals surface area contributed by atoms with Crippen LogP contribution in [0.4, 0.5) is 0 Å². The van der Waals surface area contributed by atoms with Crippen LogP contribution in [0.3, 0.4) is 0 Å². The molecule has 0 saturated carbocycles. The number of nitrogens with one attached hydrogen (secondary N) is 1. The van der Waals surface area contributed by atoms with Crippen LogP contribution in [0.15, 0.2) is 36.5 Å². The van der Waals surface area contributed by atoms with Crippen molar-refractivity contribution in [3.05, 3.63) is 53.2 Å². The second kappa shape index (κ2) is 6.27. The first-order valence-electron chi connectivity index (χ1n) is 7.69. The van der Waals surface area contributed by atoms with E-state index in [1.165, 1.54) is 36.8 Å². The third-order valence-corrected chi connectivity index (χ3v) is 4.23. The van der Waals surface area contributed by atoms with Gasteiger partial charge >= 0.3 is 0 Å². The Labute approximate surface area is 126 Å². The summed E-state index contributed by atoms with van der Waals surface area (Å²) < 4.78 is 5.88. The molecule has 1 unspecified atom stereocenters. The van der Waals surface area contributed by atoms with E-state index < -0.39 is 0 Å². The first-order chi connectivity index (χ1) is 10.3. The Hall–Kier alpha value is -1.87. The van der Waals surface area contributed by atoms with E-state index in [0.717, 1.165) is 11.3 Å². The highest BCUT2D eigenvalue weighted by Crippen LogP contribution is 2.28. The van der Waals surface area contributed by atoms with Crippen LogP contribution in [0.1, 0.15) is 42.5 Å². The fraction of sp³-hybridized carbons (Fsp3) is 0.389. The molecule has 1 aromatic carbocycles. The standard InChI is InChI=1S/C18H22N2O/c1-13(19-2)16-8-10-18(20-12-16)21-17-9-7-14-5-3-4-6-15(14)11-17/h7-13,19H,3-6H2,1-2H3. The molecule has 1 aliphatic carbocycles. The van der Waals surface area contributed by atoms with Crippen molar-refractivity contribution >= 4 is 0 Å². The van der Waals surface area contributed by atoms with Gasteiger partial charge < -0.3 is 10.1 Å². The van der Waals surface area contributed by atoms with Crippen LogP contribution in [-0.2, 0) is 12.8 Å². The molecule has 0 spiro atoms. The molecule has 3 nitrogen and oxygen atoms in total.